The average Bonchev–Trinajstić information content (AvgIpc) is 3.02. The Kier molecular flexibility index (Phi) is 6.62. The smallest absolute Gasteiger partial charge is 0.413 e. The largest absolute Gasteiger partial charge is 0.464 e. The molecule has 7 nitrogen and oxygen atoms in total. The molecule has 0 saturated carbocycles. The maximum absolute atomic E-state index is 13.4. The van der Waals surface area contributed by atoms with E-state index in [9.17, 15) is 9.59 Å². The molecule has 2 atom stereocenters. The number of benzene rings is 2. The Balaban J connectivity index is 2.13. The van der Waals surface area contributed by atoms with Crippen molar-refractivity contribution in [2.45, 2.75) is 25.0 Å². The molecule has 1 aliphatic heterocycles. The van der Waals surface area contributed by atoms with Crippen LogP contribution in [0.25, 0.3) is 0 Å². The molecule has 0 radical (unpaired) electrons. The van der Waals surface area contributed by atoms with Crippen LogP contribution in [0.3, 0.4) is 0 Å². The Morgan fingerprint density at radius 2 is 1.80 bits per heavy atom. The standard InChI is InChI=1S/C23H28N2O5/c1-5-29-21(26)23(15-17-9-7-6-8-10-17)20(30-22(27)25(23)16-28-4)18-11-13-19(14-12-18)24(2)3/h6-14,20H,5,15-16H2,1-4H3/t20-,23-/m0/s1. The van der Waals surface area contributed by atoms with Crippen LogP contribution in [0, 0.1) is 0 Å². The predicted molar refractivity (Wildman–Crippen MR) is 113 cm³/mol. The summed E-state index contributed by atoms with van der Waals surface area (Å²) in [6, 6.07) is 17.1. The molecular formula is C23H28N2O5. The van der Waals surface area contributed by atoms with E-state index in [1.165, 1.54) is 12.0 Å². The van der Waals surface area contributed by atoms with Gasteiger partial charge in [-0.15, -0.1) is 0 Å². The summed E-state index contributed by atoms with van der Waals surface area (Å²) < 4.78 is 16.5. The lowest BCUT2D eigenvalue weighted by molar-refractivity contribution is -0.160. The number of amides is 1. The maximum atomic E-state index is 13.4. The number of esters is 1. The summed E-state index contributed by atoms with van der Waals surface area (Å²) in [5.41, 5.74) is 1.22. The van der Waals surface area contributed by atoms with Gasteiger partial charge in [0, 0.05) is 33.3 Å². The van der Waals surface area contributed by atoms with Crippen molar-refractivity contribution < 1.29 is 23.8 Å². The fourth-order valence-electron chi connectivity index (χ4n) is 3.80. The molecule has 1 amide bonds. The van der Waals surface area contributed by atoms with Gasteiger partial charge in [0.15, 0.2) is 11.6 Å². The van der Waals surface area contributed by atoms with Crippen molar-refractivity contribution >= 4 is 17.7 Å². The van der Waals surface area contributed by atoms with Crippen molar-refractivity contribution in [3.05, 3.63) is 65.7 Å². The third-order valence-electron chi connectivity index (χ3n) is 5.27. The fourth-order valence-corrected chi connectivity index (χ4v) is 3.80. The summed E-state index contributed by atoms with van der Waals surface area (Å²) in [6.07, 6.45) is -1.21. The molecule has 1 aliphatic rings. The first-order chi connectivity index (χ1) is 14.4. The van der Waals surface area contributed by atoms with E-state index < -0.39 is 23.7 Å². The van der Waals surface area contributed by atoms with Crippen LogP contribution in [0.15, 0.2) is 54.6 Å². The number of anilines is 1. The van der Waals surface area contributed by atoms with Gasteiger partial charge in [0.25, 0.3) is 0 Å². The van der Waals surface area contributed by atoms with Gasteiger partial charge in [-0.05, 0) is 30.2 Å². The first-order valence-electron chi connectivity index (χ1n) is 9.89. The van der Waals surface area contributed by atoms with Crippen LogP contribution in [-0.2, 0) is 25.4 Å². The van der Waals surface area contributed by atoms with E-state index in [1.54, 1.807) is 6.92 Å². The molecule has 0 aromatic heterocycles. The van der Waals surface area contributed by atoms with E-state index in [0.717, 1.165) is 16.8 Å². The summed E-state index contributed by atoms with van der Waals surface area (Å²) in [6.45, 7) is 1.85. The molecule has 1 fully saturated rings. The zero-order chi connectivity index (χ0) is 21.7. The van der Waals surface area contributed by atoms with Gasteiger partial charge in [0.1, 0.15) is 6.73 Å². The second-order valence-electron chi connectivity index (χ2n) is 7.40. The minimum Gasteiger partial charge on any atom is -0.464 e. The van der Waals surface area contributed by atoms with Gasteiger partial charge >= 0.3 is 12.1 Å². The van der Waals surface area contributed by atoms with Crippen LogP contribution >= 0.6 is 0 Å². The molecule has 30 heavy (non-hydrogen) atoms. The molecular weight excluding hydrogens is 384 g/mol. The Bertz CT molecular complexity index is 869. The molecule has 160 valence electrons. The van der Waals surface area contributed by atoms with Crippen LogP contribution in [0.2, 0.25) is 0 Å². The summed E-state index contributed by atoms with van der Waals surface area (Å²) in [7, 11) is 5.37. The lowest BCUT2D eigenvalue weighted by Gasteiger charge is -2.36. The number of ether oxygens (including phenoxy) is 3. The van der Waals surface area contributed by atoms with Crippen molar-refractivity contribution in [2.24, 2.45) is 0 Å². The minimum absolute atomic E-state index is 0.0865. The molecule has 0 aliphatic carbocycles. The van der Waals surface area contributed by atoms with Gasteiger partial charge in [0.2, 0.25) is 0 Å². The van der Waals surface area contributed by atoms with Crippen LogP contribution in [0.4, 0.5) is 10.5 Å². The Morgan fingerprint density at radius 1 is 1.13 bits per heavy atom. The average molecular weight is 412 g/mol. The third-order valence-corrected chi connectivity index (χ3v) is 5.27. The van der Waals surface area contributed by atoms with Crippen molar-refractivity contribution in [3.63, 3.8) is 0 Å². The van der Waals surface area contributed by atoms with Crippen LogP contribution in [0.1, 0.15) is 24.2 Å². The normalized spacial score (nSPS) is 20.7. The summed E-state index contributed by atoms with van der Waals surface area (Å²) >= 11 is 0. The van der Waals surface area contributed by atoms with E-state index in [4.69, 9.17) is 14.2 Å². The van der Waals surface area contributed by atoms with Gasteiger partial charge in [-0.2, -0.15) is 0 Å². The lowest BCUT2D eigenvalue weighted by atomic mass is 9.81. The number of rotatable bonds is 8. The molecule has 0 N–H and O–H groups in total. The Hall–Kier alpha value is -3.06. The number of hydrogen-bond acceptors (Lipinski definition) is 6. The minimum atomic E-state index is -1.38. The quantitative estimate of drug-likeness (QED) is 0.619. The Labute approximate surface area is 177 Å². The zero-order valence-electron chi connectivity index (χ0n) is 17.8. The monoisotopic (exact) mass is 412 g/mol. The van der Waals surface area contributed by atoms with Gasteiger partial charge in [0.05, 0.1) is 6.61 Å². The number of carbonyl (C=O) groups is 2. The molecule has 3 rings (SSSR count). The van der Waals surface area contributed by atoms with E-state index in [0.29, 0.717) is 0 Å². The molecule has 7 heteroatoms. The zero-order valence-corrected chi connectivity index (χ0v) is 17.8. The van der Waals surface area contributed by atoms with Crippen molar-refractivity contribution in [2.75, 3.05) is 39.4 Å². The molecule has 1 heterocycles. The van der Waals surface area contributed by atoms with E-state index in [-0.39, 0.29) is 19.8 Å². The first kappa shape index (κ1) is 21.6. The first-order valence-corrected chi connectivity index (χ1v) is 9.89. The highest BCUT2D eigenvalue weighted by Gasteiger charge is 2.61. The lowest BCUT2D eigenvalue weighted by Crippen LogP contribution is -2.57. The van der Waals surface area contributed by atoms with Gasteiger partial charge in [-0.3, -0.25) is 4.90 Å². The maximum Gasteiger partial charge on any atom is 0.413 e. The number of carbonyl (C=O) groups excluding carboxylic acids is 2. The van der Waals surface area contributed by atoms with Crippen LogP contribution in [0.5, 0.6) is 0 Å². The predicted octanol–water partition coefficient (Wildman–Crippen LogP) is 3.39. The molecule has 2 aromatic rings. The molecule has 0 unspecified atom stereocenters. The summed E-state index contributed by atoms with van der Waals surface area (Å²) in [5.74, 6) is -0.515. The molecule has 0 spiro atoms. The van der Waals surface area contributed by atoms with E-state index >= 15 is 0 Å². The highest BCUT2D eigenvalue weighted by atomic mass is 16.6. The fraction of sp³-hybridized carbons (Fsp3) is 0.391. The van der Waals surface area contributed by atoms with E-state index in [2.05, 4.69) is 0 Å². The van der Waals surface area contributed by atoms with E-state index in [1.807, 2.05) is 73.6 Å². The topological polar surface area (TPSA) is 68.3 Å². The number of nitrogens with zero attached hydrogens (tertiary/aromatic N) is 2. The summed E-state index contributed by atoms with van der Waals surface area (Å²) in [5, 5.41) is 0. The third kappa shape index (κ3) is 3.98. The molecule has 0 bridgehead atoms. The highest BCUT2D eigenvalue weighted by molar-refractivity contribution is 5.90. The number of cyclic esters (lactones) is 1. The van der Waals surface area contributed by atoms with Gasteiger partial charge in [-0.25, -0.2) is 9.59 Å². The SMILES string of the molecule is CCOC(=O)[C@]1(Cc2ccccc2)[C@H](c2ccc(N(C)C)cc2)OC(=O)N1COC. The second kappa shape index (κ2) is 9.17. The molecule has 2 aromatic carbocycles. The number of methoxy groups -OCH3 is 1. The van der Waals surface area contributed by atoms with Gasteiger partial charge < -0.3 is 19.1 Å². The van der Waals surface area contributed by atoms with Gasteiger partial charge in [-0.1, -0.05) is 42.5 Å². The van der Waals surface area contributed by atoms with Crippen LogP contribution < -0.4 is 4.90 Å². The molecule has 1 saturated heterocycles. The number of hydrogen-bond donors (Lipinski definition) is 0. The second-order valence-corrected chi connectivity index (χ2v) is 7.40. The Morgan fingerprint density at radius 3 is 2.37 bits per heavy atom. The van der Waals surface area contributed by atoms with Crippen LogP contribution in [-0.4, -0.2) is 57.0 Å². The van der Waals surface area contributed by atoms with Crippen molar-refractivity contribution in [1.29, 1.82) is 0 Å². The highest BCUT2D eigenvalue weighted by Crippen LogP contribution is 2.45. The summed E-state index contributed by atoms with van der Waals surface area (Å²) in [4.78, 5) is 29.6. The van der Waals surface area contributed by atoms with Crippen molar-refractivity contribution in [1.82, 2.24) is 4.90 Å². The van der Waals surface area contributed by atoms with Crippen molar-refractivity contribution in [3.8, 4) is 0 Å².